The molecule has 0 heterocycles. The minimum atomic E-state index is -0.247. The summed E-state index contributed by atoms with van der Waals surface area (Å²) < 4.78 is 5.69. The van der Waals surface area contributed by atoms with E-state index in [0.717, 1.165) is 11.1 Å². The Balaban J connectivity index is 1.96. The summed E-state index contributed by atoms with van der Waals surface area (Å²) in [5.41, 5.74) is 2.93. The Hall–Kier alpha value is -2.49. The molecule has 2 rings (SSSR count). The molecule has 0 saturated heterocycles. The molecule has 0 aliphatic heterocycles. The minimum Gasteiger partial charge on any atom is -0.489 e. The van der Waals surface area contributed by atoms with Gasteiger partial charge in [-0.3, -0.25) is 0 Å². The SMILES string of the molecule is Cc1ccccc1CNC(=O)Nc1ccccc1OC(C)C. The highest BCUT2D eigenvalue weighted by Gasteiger charge is 2.08. The van der Waals surface area contributed by atoms with Gasteiger partial charge < -0.3 is 15.4 Å². The van der Waals surface area contributed by atoms with E-state index < -0.39 is 0 Å². The summed E-state index contributed by atoms with van der Waals surface area (Å²) in [5, 5.41) is 5.69. The maximum absolute atomic E-state index is 12.1. The molecule has 4 nitrogen and oxygen atoms in total. The number of carbonyl (C=O) groups excluding carboxylic acids is 1. The molecule has 2 aromatic carbocycles. The van der Waals surface area contributed by atoms with E-state index in [1.165, 1.54) is 0 Å². The van der Waals surface area contributed by atoms with Crippen molar-refractivity contribution >= 4 is 11.7 Å². The van der Waals surface area contributed by atoms with Crippen LogP contribution in [0.4, 0.5) is 10.5 Å². The fourth-order valence-electron chi connectivity index (χ4n) is 2.08. The molecule has 2 N–H and O–H groups in total. The molecule has 2 amide bonds. The van der Waals surface area contributed by atoms with Crippen molar-refractivity contribution in [2.45, 2.75) is 33.4 Å². The number of rotatable bonds is 5. The highest BCUT2D eigenvalue weighted by Crippen LogP contribution is 2.24. The minimum absolute atomic E-state index is 0.0537. The van der Waals surface area contributed by atoms with Crippen molar-refractivity contribution < 1.29 is 9.53 Å². The molecule has 116 valence electrons. The normalized spacial score (nSPS) is 10.4. The lowest BCUT2D eigenvalue weighted by Crippen LogP contribution is -2.28. The van der Waals surface area contributed by atoms with Crippen LogP contribution >= 0.6 is 0 Å². The first-order chi connectivity index (χ1) is 10.6. The fourth-order valence-corrected chi connectivity index (χ4v) is 2.08. The zero-order valence-electron chi connectivity index (χ0n) is 13.2. The first-order valence-electron chi connectivity index (χ1n) is 7.41. The number of anilines is 1. The Kier molecular flexibility index (Phi) is 5.42. The van der Waals surface area contributed by atoms with Crippen molar-refractivity contribution in [1.29, 1.82) is 0 Å². The van der Waals surface area contributed by atoms with Gasteiger partial charge in [0, 0.05) is 6.54 Å². The number of carbonyl (C=O) groups is 1. The van der Waals surface area contributed by atoms with Crippen molar-refractivity contribution in [3.63, 3.8) is 0 Å². The average Bonchev–Trinajstić information content (AvgIpc) is 2.48. The maximum Gasteiger partial charge on any atom is 0.319 e. The second-order valence-corrected chi connectivity index (χ2v) is 5.40. The Morgan fingerprint density at radius 3 is 2.50 bits per heavy atom. The van der Waals surface area contributed by atoms with Crippen LogP contribution < -0.4 is 15.4 Å². The predicted octanol–water partition coefficient (Wildman–Crippen LogP) is 4.10. The van der Waals surface area contributed by atoms with Crippen molar-refractivity contribution in [3.8, 4) is 5.75 Å². The standard InChI is InChI=1S/C18H22N2O2/c1-13(2)22-17-11-7-6-10-16(17)20-18(21)19-12-15-9-5-4-8-14(15)3/h4-11,13H,12H2,1-3H3,(H2,19,20,21). The second kappa shape index (κ2) is 7.50. The molecule has 22 heavy (non-hydrogen) atoms. The third-order valence-corrected chi connectivity index (χ3v) is 3.20. The average molecular weight is 298 g/mol. The zero-order valence-corrected chi connectivity index (χ0v) is 13.2. The summed E-state index contributed by atoms with van der Waals surface area (Å²) >= 11 is 0. The van der Waals surface area contributed by atoms with Gasteiger partial charge in [-0.15, -0.1) is 0 Å². The largest absolute Gasteiger partial charge is 0.489 e. The van der Waals surface area contributed by atoms with Crippen LogP contribution in [0.1, 0.15) is 25.0 Å². The summed E-state index contributed by atoms with van der Waals surface area (Å²) in [5.74, 6) is 0.670. The number of para-hydroxylation sites is 2. The van der Waals surface area contributed by atoms with Gasteiger partial charge in [-0.1, -0.05) is 36.4 Å². The van der Waals surface area contributed by atoms with E-state index >= 15 is 0 Å². The van der Waals surface area contributed by atoms with Crippen LogP contribution in [0.25, 0.3) is 0 Å². The van der Waals surface area contributed by atoms with Crippen molar-refractivity contribution in [2.24, 2.45) is 0 Å². The molecule has 0 atom stereocenters. The number of nitrogens with one attached hydrogen (secondary N) is 2. The van der Waals surface area contributed by atoms with E-state index in [0.29, 0.717) is 18.0 Å². The maximum atomic E-state index is 12.1. The molecule has 0 aliphatic carbocycles. The summed E-state index contributed by atoms with van der Waals surface area (Å²) in [4.78, 5) is 12.1. The topological polar surface area (TPSA) is 50.4 Å². The third kappa shape index (κ3) is 4.52. The fraction of sp³-hybridized carbons (Fsp3) is 0.278. The first-order valence-corrected chi connectivity index (χ1v) is 7.41. The molecule has 0 spiro atoms. The predicted molar refractivity (Wildman–Crippen MR) is 89.2 cm³/mol. The number of aryl methyl sites for hydroxylation is 1. The number of ether oxygens (including phenoxy) is 1. The Bertz CT molecular complexity index is 638. The molecule has 0 unspecified atom stereocenters. The monoisotopic (exact) mass is 298 g/mol. The van der Waals surface area contributed by atoms with Gasteiger partial charge in [-0.25, -0.2) is 4.79 Å². The smallest absolute Gasteiger partial charge is 0.319 e. The lowest BCUT2D eigenvalue weighted by atomic mass is 10.1. The summed E-state index contributed by atoms with van der Waals surface area (Å²) in [6, 6.07) is 15.2. The summed E-state index contributed by atoms with van der Waals surface area (Å²) in [7, 11) is 0. The van der Waals surface area contributed by atoms with Crippen LogP contribution in [-0.2, 0) is 6.54 Å². The van der Waals surface area contributed by atoms with E-state index in [1.54, 1.807) is 0 Å². The van der Waals surface area contributed by atoms with Gasteiger partial charge >= 0.3 is 6.03 Å². The van der Waals surface area contributed by atoms with Gasteiger partial charge in [0.15, 0.2) is 0 Å². The highest BCUT2D eigenvalue weighted by atomic mass is 16.5. The van der Waals surface area contributed by atoms with E-state index in [1.807, 2.05) is 69.3 Å². The third-order valence-electron chi connectivity index (χ3n) is 3.20. The van der Waals surface area contributed by atoms with E-state index in [9.17, 15) is 4.79 Å². The molecule has 4 heteroatoms. The summed E-state index contributed by atoms with van der Waals surface area (Å²) in [6.45, 7) is 6.43. The van der Waals surface area contributed by atoms with E-state index in [4.69, 9.17) is 4.74 Å². The lowest BCUT2D eigenvalue weighted by molar-refractivity contribution is 0.241. The Morgan fingerprint density at radius 2 is 1.77 bits per heavy atom. The number of urea groups is 1. The number of hydrogen-bond donors (Lipinski definition) is 2. The van der Waals surface area contributed by atoms with Gasteiger partial charge in [-0.05, 0) is 44.0 Å². The molecular formula is C18H22N2O2. The molecule has 0 aromatic heterocycles. The Labute approximate surface area is 131 Å². The number of benzene rings is 2. The summed E-state index contributed by atoms with van der Waals surface area (Å²) in [6.07, 6.45) is 0.0537. The highest BCUT2D eigenvalue weighted by molar-refractivity contribution is 5.90. The molecule has 0 radical (unpaired) electrons. The van der Waals surface area contributed by atoms with Gasteiger partial charge in [0.2, 0.25) is 0 Å². The second-order valence-electron chi connectivity index (χ2n) is 5.40. The van der Waals surface area contributed by atoms with Crippen LogP contribution in [0.2, 0.25) is 0 Å². The van der Waals surface area contributed by atoms with Crippen molar-refractivity contribution in [2.75, 3.05) is 5.32 Å². The van der Waals surface area contributed by atoms with Gasteiger partial charge in [0.25, 0.3) is 0 Å². The molecule has 0 fully saturated rings. The van der Waals surface area contributed by atoms with E-state index in [2.05, 4.69) is 10.6 Å². The van der Waals surface area contributed by atoms with Gasteiger partial charge in [0.1, 0.15) is 5.75 Å². The van der Waals surface area contributed by atoms with Crippen LogP contribution in [0.3, 0.4) is 0 Å². The van der Waals surface area contributed by atoms with Gasteiger partial charge in [-0.2, -0.15) is 0 Å². The van der Waals surface area contributed by atoms with Gasteiger partial charge in [0.05, 0.1) is 11.8 Å². The van der Waals surface area contributed by atoms with Crippen LogP contribution in [0.15, 0.2) is 48.5 Å². The quantitative estimate of drug-likeness (QED) is 0.873. The number of hydrogen-bond acceptors (Lipinski definition) is 2. The van der Waals surface area contributed by atoms with E-state index in [-0.39, 0.29) is 12.1 Å². The Morgan fingerprint density at radius 1 is 1.09 bits per heavy atom. The first kappa shape index (κ1) is 15.9. The lowest BCUT2D eigenvalue weighted by Gasteiger charge is -2.15. The molecule has 0 bridgehead atoms. The number of amides is 2. The van der Waals surface area contributed by atoms with Crippen LogP contribution in [0, 0.1) is 6.92 Å². The van der Waals surface area contributed by atoms with Crippen LogP contribution in [0.5, 0.6) is 5.75 Å². The molecule has 0 aliphatic rings. The zero-order chi connectivity index (χ0) is 15.9. The van der Waals surface area contributed by atoms with Crippen LogP contribution in [-0.4, -0.2) is 12.1 Å². The van der Waals surface area contributed by atoms with Crippen molar-refractivity contribution in [3.05, 3.63) is 59.7 Å². The molecule has 0 saturated carbocycles. The van der Waals surface area contributed by atoms with Crippen molar-refractivity contribution in [1.82, 2.24) is 5.32 Å². The molecular weight excluding hydrogens is 276 g/mol. The molecule has 2 aromatic rings.